The average Bonchev–Trinajstić information content (AvgIpc) is 2.95. The Morgan fingerprint density at radius 1 is 1.14 bits per heavy atom. The number of carbonyl (C=O) groups excluding carboxylic acids is 1. The van der Waals surface area contributed by atoms with Crippen molar-refractivity contribution < 1.29 is 13.6 Å². The summed E-state index contributed by atoms with van der Waals surface area (Å²) in [6, 6.07) is 8.60. The van der Waals surface area contributed by atoms with E-state index in [1.54, 1.807) is 24.5 Å². The van der Waals surface area contributed by atoms with Crippen LogP contribution in [-0.2, 0) is 6.54 Å². The van der Waals surface area contributed by atoms with Gasteiger partial charge in [0.2, 0.25) is 0 Å². The molecule has 0 radical (unpaired) electrons. The number of aromatic amines is 1. The van der Waals surface area contributed by atoms with Crippen molar-refractivity contribution in [1.82, 2.24) is 15.3 Å². The van der Waals surface area contributed by atoms with Gasteiger partial charge in [-0.05, 0) is 35.9 Å². The van der Waals surface area contributed by atoms with Gasteiger partial charge in [0.1, 0.15) is 0 Å². The second kappa shape index (κ2) is 5.32. The maximum absolute atomic E-state index is 13.1. The number of carbonyl (C=O) groups is 1. The second-order valence-electron chi connectivity index (χ2n) is 4.57. The van der Waals surface area contributed by atoms with Crippen molar-refractivity contribution >= 4 is 16.9 Å². The van der Waals surface area contributed by atoms with Crippen molar-refractivity contribution in [2.45, 2.75) is 6.54 Å². The summed E-state index contributed by atoms with van der Waals surface area (Å²) in [4.78, 5) is 19.0. The van der Waals surface area contributed by atoms with Crippen LogP contribution in [0.25, 0.3) is 11.0 Å². The molecular formula is C15H11F2N3O. The standard InChI is InChI=1S/C15H11F2N3O/c16-11-3-1-9(5-12(11)17)7-18-15(21)10-2-4-13-14(6-10)20-8-19-13/h1-6,8H,7H2,(H,18,21)(H,19,20). The minimum atomic E-state index is -0.930. The third kappa shape index (κ3) is 2.74. The third-order valence-electron chi connectivity index (χ3n) is 3.12. The molecule has 106 valence electrons. The smallest absolute Gasteiger partial charge is 0.251 e. The van der Waals surface area contributed by atoms with E-state index in [0.29, 0.717) is 11.1 Å². The van der Waals surface area contributed by atoms with E-state index in [1.165, 1.54) is 6.07 Å². The van der Waals surface area contributed by atoms with Crippen LogP contribution in [0.5, 0.6) is 0 Å². The summed E-state index contributed by atoms with van der Waals surface area (Å²) in [6.07, 6.45) is 1.55. The van der Waals surface area contributed by atoms with Gasteiger partial charge in [0, 0.05) is 12.1 Å². The average molecular weight is 287 g/mol. The highest BCUT2D eigenvalue weighted by atomic mass is 19.2. The minimum Gasteiger partial charge on any atom is -0.348 e. The van der Waals surface area contributed by atoms with Crippen molar-refractivity contribution in [2.75, 3.05) is 0 Å². The van der Waals surface area contributed by atoms with Crippen LogP contribution in [0.1, 0.15) is 15.9 Å². The van der Waals surface area contributed by atoms with E-state index in [2.05, 4.69) is 15.3 Å². The number of aromatic nitrogens is 2. The molecule has 1 aromatic heterocycles. The molecule has 0 spiro atoms. The molecule has 3 aromatic rings. The first-order valence-corrected chi connectivity index (χ1v) is 6.29. The first kappa shape index (κ1) is 13.2. The number of hydrogen-bond donors (Lipinski definition) is 2. The zero-order chi connectivity index (χ0) is 14.8. The van der Waals surface area contributed by atoms with E-state index < -0.39 is 11.6 Å². The van der Waals surface area contributed by atoms with Gasteiger partial charge in [-0.3, -0.25) is 4.79 Å². The van der Waals surface area contributed by atoms with Crippen molar-refractivity contribution in [3.8, 4) is 0 Å². The Bertz CT molecular complexity index is 814. The number of benzene rings is 2. The normalized spacial score (nSPS) is 10.8. The predicted octanol–water partition coefficient (Wildman–Crippen LogP) is 2.77. The van der Waals surface area contributed by atoms with Crippen LogP contribution in [0.15, 0.2) is 42.7 Å². The van der Waals surface area contributed by atoms with Gasteiger partial charge in [0.15, 0.2) is 11.6 Å². The predicted molar refractivity (Wildman–Crippen MR) is 73.6 cm³/mol. The highest BCUT2D eigenvalue weighted by Gasteiger charge is 2.08. The summed E-state index contributed by atoms with van der Waals surface area (Å²) in [6.45, 7) is 0.122. The summed E-state index contributed by atoms with van der Waals surface area (Å²) in [5.41, 5.74) is 2.49. The van der Waals surface area contributed by atoms with E-state index in [4.69, 9.17) is 0 Å². The van der Waals surface area contributed by atoms with E-state index >= 15 is 0 Å². The second-order valence-corrected chi connectivity index (χ2v) is 4.57. The van der Waals surface area contributed by atoms with Crippen molar-refractivity contribution in [3.05, 3.63) is 65.5 Å². The van der Waals surface area contributed by atoms with Crippen molar-refractivity contribution in [3.63, 3.8) is 0 Å². The molecule has 0 fully saturated rings. The van der Waals surface area contributed by atoms with Crippen molar-refractivity contribution in [1.29, 1.82) is 0 Å². The van der Waals surface area contributed by atoms with Crippen molar-refractivity contribution in [2.24, 2.45) is 0 Å². The van der Waals surface area contributed by atoms with Gasteiger partial charge in [-0.2, -0.15) is 0 Å². The largest absolute Gasteiger partial charge is 0.348 e. The molecule has 0 aliphatic rings. The van der Waals surface area contributed by atoms with E-state index in [1.807, 2.05) is 0 Å². The zero-order valence-corrected chi connectivity index (χ0v) is 10.9. The Balaban J connectivity index is 1.72. The van der Waals surface area contributed by atoms with E-state index in [0.717, 1.165) is 23.2 Å². The Morgan fingerprint density at radius 3 is 2.81 bits per heavy atom. The Kier molecular flexibility index (Phi) is 3.35. The zero-order valence-electron chi connectivity index (χ0n) is 10.9. The fourth-order valence-corrected chi connectivity index (χ4v) is 2.01. The molecule has 3 rings (SSSR count). The van der Waals surface area contributed by atoms with E-state index in [9.17, 15) is 13.6 Å². The molecule has 2 aromatic carbocycles. The van der Waals surface area contributed by atoms with Gasteiger partial charge in [-0.1, -0.05) is 6.07 Å². The molecule has 21 heavy (non-hydrogen) atoms. The van der Waals surface area contributed by atoms with E-state index in [-0.39, 0.29) is 12.5 Å². The summed E-state index contributed by atoms with van der Waals surface area (Å²) in [7, 11) is 0. The molecule has 0 saturated carbocycles. The number of amides is 1. The monoisotopic (exact) mass is 287 g/mol. The molecule has 0 saturated heterocycles. The first-order valence-electron chi connectivity index (χ1n) is 6.29. The lowest BCUT2D eigenvalue weighted by Gasteiger charge is -2.06. The minimum absolute atomic E-state index is 0.122. The topological polar surface area (TPSA) is 57.8 Å². The maximum atomic E-state index is 13.1. The lowest BCUT2D eigenvalue weighted by Crippen LogP contribution is -2.22. The molecule has 6 heteroatoms. The lowest BCUT2D eigenvalue weighted by molar-refractivity contribution is 0.0951. The fraction of sp³-hybridized carbons (Fsp3) is 0.0667. The summed E-state index contributed by atoms with van der Waals surface area (Å²) >= 11 is 0. The lowest BCUT2D eigenvalue weighted by atomic mass is 10.1. The number of imidazole rings is 1. The SMILES string of the molecule is O=C(NCc1ccc(F)c(F)c1)c1ccc2nc[nH]c2c1. The summed E-state index contributed by atoms with van der Waals surface area (Å²) < 4.78 is 25.9. The van der Waals surface area contributed by atoms with Gasteiger partial charge >= 0.3 is 0 Å². The molecular weight excluding hydrogens is 276 g/mol. The third-order valence-corrected chi connectivity index (χ3v) is 3.12. The van der Waals surface area contributed by atoms with Gasteiger partial charge in [0.25, 0.3) is 5.91 Å². The Hall–Kier alpha value is -2.76. The van der Waals surface area contributed by atoms with Crippen LogP contribution < -0.4 is 5.32 Å². The molecule has 4 nitrogen and oxygen atoms in total. The Morgan fingerprint density at radius 2 is 2.00 bits per heavy atom. The molecule has 1 heterocycles. The number of halogens is 2. The quantitative estimate of drug-likeness (QED) is 0.778. The van der Waals surface area contributed by atoms with Crippen LogP contribution in [-0.4, -0.2) is 15.9 Å². The number of nitrogens with zero attached hydrogens (tertiary/aromatic N) is 1. The number of hydrogen-bond acceptors (Lipinski definition) is 2. The Labute approximate surface area is 118 Å². The number of rotatable bonds is 3. The van der Waals surface area contributed by atoms with Crippen LogP contribution in [0.4, 0.5) is 8.78 Å². The molecule has 2 N–H and O–H groups in total. The van der Waals surface area contributed by atoms with Gasteiger partial charge in [0.05, 0.1) is 17.4 Å². The molecule has 0 atom stereocenters. The number of fused-ring (bicyclic) bond motifs is 1. The highest BCUT2D eigenvalue weighted by molar-refractivity contribution is 5.97. The molecule has 0 unspecified atom stereocenters. The van der Waals surface area contributed by atoms with Crippen LogP contribution in [0.2, 0.25) is 0 Å². The molecule has 0 bridgehead atoms. The number of nitrogens with one attached hydrogen (secondary N) is 2. The molecule has 0 aliphatic heterocycles. The van der Waals surface area contributed by atoms with Gasteiger partial charge in [-0.25, -0.2) is 13.8 Å². The van der Waals surface area contributed by atoms with Crippen LogP contribution in [0.3, 0.4) is 0 Å². The van der Waals surface area contributed by atoms with Gasteiger partial charge < -0.3 is 10.3 Å². The van der Waals surface area contributed by atoms with Crippen LogP contribution in [0, 0.1) is 11.6 Å². The fourth-order valence-electron chi connectivity index (χ4n) is 2.01. The summed E-state index contributed by atoms with van der Waals surface area (Å²) in [5.74, 6) is -2.13. The molecule has 1 amide bonds. The highest BCUT2D eigenvalue weighted by Crippen LogP contribution is 2.12. The molecule has 0 aliphatic carbocycles. The first-order chi connectivity index (χ1) is 10.1. The van der Waals surface area contributed by atoms with Gasteiger partial charge in [-0.15, -0.1) is 0 Å². The number of H-pyrrole nitrogens is 1. The summed E-state index contributed by atoms with van der Waals surface area (Å²) in [5, 5.41) is 2.66. The maximum Gasteiger partial charge on any atom is 0.251 e. The van der Waals surface area contributed by atoms with Crippen LogP contribution >= 0.6 is 0 Å².